The minimum Gasteiger partial charge on any atom is -0.0654 e. The topological polar surface area (TPSA) is 0 Å². The van der Waals surface area contributed by atoms with E-state index in [0.717, 1.165) is 11.8 Å². The minimum absolute atomic E-state index is 0.770. The molecule has 0 aromatic heterocycles. The molecule has 0 spiro atoms. The van der Waals surface area contributed by atoms with Gasteiger partial charge in [0.1, 0.15) is 0 Å². The summed E-state index contributed by atoms with van der Waals surface area (Å²) in [5.74, 6) is 1.73. The van der Waals surface area contributed by atoms with Crippen LogP contribution >= 0.6 is 0 Å². The Morgan fingerprint density at radius 1 is 0.667 bits per heavy atom. The zero-order valence-electron chi connectivity index (χ0n) is 14.9. The van der Waals surface area contributed by atoms with Crippen LogP contribution in [0.2, 0.25) is 0 Å². The second kappa shape index (κ2) is 13.6. The first-order valence-corrected chi connectivity index (χ1v) is 10.2. The Labute approximate surface area is 135 Å². The molecule has 2 unspecified atom stereocenters. The summed E-state index contributed by atoms with van der Waals surface area (Å²) >= 11 is 0. The van der Waals surface area contributed by atoms with Gasteiger partial charge in [-0.2, -0.15) is 0 Å². The van der Waals surface area contributed by atoms with Gasteiger partial charge in [-0.15, -0.1) is 0 Å². The molecule has 1 rings (SSSR count). The van der Waals surface area contributed by atoms with Crippen LogP contribution in [-0.4, -0.2) is 0 Å². The van der Waals surface area contributed by atoms with Crippen molar-refractivity contribution in [2.75, 3.05) is 0 Å². The lowest BCUT2D eigenvalue weighted by Gasteiger charge is -2.28. The summed E-state index contributed by atoms with van der Waals surface area (Å²) in [7, 11) is 0. The van der Waals surface area contributed by atoms with Gasteiger partial charge in [0, 0.05) is 0 Å². The maximum absolute atomic E-state index is 4.35. The summed E-state index contributed by atoms with van der Waals surface area (Å²) in [6.45, 7) is 6.65. The van der Waals surface area contributed by atoms with E-state index in [-0.39, 0.29) is 0 Å². The van der Waals surface area contributed by atoms with Crippen LogP contribution in [0.5, 0.6) is 0 Å². The summed E-state index contributed by atoms with van der Waals surface area (Å²) in [5, 5.41) is 0. The van der Waals surface area contributed by atoms with Gasteiger partial charge in [-0.1, -0.05) is 116 Å². The van der Waals surface area contributed by atoms with Crippen LogP contribution in [0.3, 0.4) is 0 Å². The van der Waals surface area contributed by atoms with Crippen molar-refractivity contribution in [1.29, 1.82) is 0 Å². The lowest BCUT2D eigenvalue weighted by Crippen LogP contribution is -2.16. The number of unbranched alkanes of at least 4 members (excludes halogenated alkanes) is 11. The van der Waals surface area contributed by atoms with E-state index in [1.54, 1.807) is 0 Å². The predicted octanol–water partition coefficient (Wildman–Crippen LogP) is 7.72. The molecule has 0 heterocycles. The third-order valence-corrected chi connectivity index (χ3v) is 5.49. The number of rotatable bonds is 13. The van der Waals surface area contributed by atoms with Crippen molar-refractivity contribution in [2.45, 2.75) is 116 Å². The molecule has 1 radical (unpaired) electrons. The highest BCUT2D eigenvalue weighted by atomic mass is 14.3. The highest BCUT2D eigenvalue weighted by Gasteiger charge is 2.20. The lowest BCUT2D eigenvalue weighted by molar-refractivity contribution is 0.259. The quantitative estimate of drug-likeness (QED) is 0.305. The molecule has 2 atom stereocenters. The maximum atomic E-state index is 4.35. The fraction of sp³-hybridized carbons (Fsp3) is 0.952. The first-order chi connectivity index (χ1) is 10.3. The number of hydrogen-bond donors (Lipinski definition) is 0. The zero-order chi connectivity index (χ0) is 15.2. The summed E-state index contributed by atoms with van der Waals surface area (Å²) in [6, 6.07) is 0. The summed E-state index contributed by atoms with van der Waals surface area (Å²) in [5.41, 5.74) is 0. The van der Waals surface area contributed by atoms with Crippen LogP contribution in [0.1, 0.15) is 116 Å². The monoisotopic (exact) mass is 293 g/mol. The molecule has 21 heavy (non-hydrogen) atoms. The van der Waals surface area contributed by atoms with E-state index >= 15 is 0 Å². The Bertz CT molecular complexity index is 208. The smallest absolute Gasteiger partial charge is 0.0386 e. The Balaban J connectivity index is 1.76. The number of hydrogen-bond acceptors (Lipinski definition) is 0. The van der Waals surface area contributed by atoms with Crippen molar-refractivity contribution < 1.29 is 0 Å². The Hall–Kier alpha value is 0. The molecular weight excluding hydrogens is 252 g/mol. The average Bonchev–Trinajstić information content (AvgIpc) is 2.50. The molecule has 0 aromatic rings. The van der Waals surface area contributed by atoms with Crippen LogP contribution in [0.15, 0.2) is 0 Å². The van der Waals surface area contributed by atoms with E-state index < -0.39 is 0 Å². The van der Waals surface area contributed by atoms with Gasteiger partial charge in [0.2, 0.25) is 0 Å². The standard InChI is InChI=1S/C21H41/c1-3-4-5-6-7-8-9-10-11-12-13-14-18-21-19-16-15-17-20(21)2/h20-21H,2-19H2,1H3. The van der Waals surface area contributed by atoms with Crippen LogP contribution in [-0.2, 0) is 0 Å². The summed E-state index contributed by atoms with van der Waals surface area (Å²) < 4.78 is 0. The predicted molar refractivity (Wildman–Crippen MR) is 96.5 cm³/mol. The van der Waals surface area contributed by atoms with Crippen molar-refractivity contribution in [2.24, 2.45) is 11.8 Å². The van der Waals surface area contributed by atoms with E-state index in [4.69, 9.17) is 0 Å². The first-order valence-electron chi connectivity index (χ1n) is 10.2. The van der Waals surface area contributed by atoms with E-state index in [0.29, 0.717) is 0 Å². The van der Waals surface area contributed by atoms with Gasteiger partial charge < -0.3 is 0 Å². The Kier molecular flexibility index (Phi) is 12.4. The first kappa shape index (κ1) is 19.0. The van der Waals surface area contributed by atoms with Crippen LogP contribution in [0, 0.1) is 18.8 Å². The summed E-state index contributed by atoms with van der Waals surface area (Å²) in [6.07, 6.45) is 24.8. The van der Waals surface area contributed by atoms with Gasteiger partial charge in [-0.25, -0.2) is 0 Å². The highest BCUT2D eigenvalue weighted by Crippen LogP contribution is 2.32. The van der Waals surface area contributed by atoms with E-state index in [1.807, 2.05) is 0 Å². The average molecular weight is 294 g/mol. The van der Waals surface area contributed by atoms with Crippen molar-refractivity contribution in [1.82, 2.24) is 0 Å². The second-order valence-electron chi connectivity index (χ2n) is 7.48. The highest BCUT2D eigenvalue weighted by molar-refractivity contribution is 4.76. The van der Waals surface area contributed by atoms with Gasteiger partial charge >= 0.3 is 0 Å². The molecule has 125 valence electrons. The van der Waals surface area contributed by atoms with Gasteiger partial charge in [-0.3, -0.25) is 0 Å². The third-order valence-electron chi connectivity index (χ3n) is 5.49. The molecule has 0 bridgehead atoms. The summed E-state index contributed by atoms with van der Waals surface area (Å²) in [4.78, 5) is 0. The van der Waals surface area contributed by atoms with Crippen LogP contribution in [0.25, 0.3) is 0 Å². The van der Waals surface area contributed by atoms with E-state index in [9.17, 15) is 0 Å². The molecule has 1 aliphatic carbocycles. The SMILES string of the molecule is [CH2]C1CCCCC1CCCCCCCCCCCCCC. The molecule has 0 amide bonds. The Morgan fingerprint density at radius 2 is 1.14 bits per heavy atom. The normalized spacial score (nSPS) is 22.6. The third kappa shape index (κ3) is 10.4. The maximum Gasteiger partial charge on any atom is -0.0386 e. The molecule has 1 fully saturated rings. The van der Waals surface area contributed by atoms with E-state index in [1.165, 1.54) is 109 Å². The largest absolute Gasteiger partial charge is 0.0654 e. The molecule has 0 nitrogen and oxygen atoms in total. The van der Waals surface area contributed by atoms with Crippen molar-refractivity contribution in [3.8, 4) is 0 Å². The Morgan fingerprint density at radius 3 is 1.67 bits per heavy atom. The van der Waals surface area contributed by atoms with Crippen LogP contribution < -0.4 is 0 Å². The molecule has 0 saturated heterocycles. The molecule has 1 saturated carbocycles. The van der Waals surface area contributed by atoms with Gasteiger partial charge in [0.25, 0.3) is 0 Å². The van der Waals surface area contributed by atoms with Crippen LogP contribution in [0.4, 0.5) is 0 Å². The molecule has 0 heteroatoms. The van der Waals surface area contributed by atoms with Gasteiger partial charge in [-0.05, 0) is 18.8 Å². The zero-order valence-corrected chi connectivity index (χ0v) is 14.9. The minimum atomic E-state index is 0.770. The fourth-order valence-corrected chi connectivity index (χ4v) is 3.91. The molecule has 1 aliphatic rings. The van der Waals surface area contributed by atoms with Gasteiger partial charge in [0.15, 0.2) is 0 Å². The lowest BCUT2D eigenvalue weighted by atomic mass is 9.78. The van der Waals surface area contributed by atoms with Crippen molar-refractivity contribution in [3.63, 3.8) is 0 Å². The fourth-order valence-electron chi connectivity index (χ4n) is 3.91. The van der Waals surface area contributed by atoms with E-state index in [2.05, 4.69) is 13.8 Å². The molecule has 0 N–H and O–H groups in total. The van der Waals surface area contributed by atoms with Crippen molar-refractivity contribution >= 4 is 0 Å². The second-order valence-corrected chi connectivity index (χ2v) is 7.48. The molecule has 0 aliphatic heterocycles. The molecular formula is C21H41. The van der Waals surface area contributed by atoms with Crippen molar-refractivity contribution in [3.05, 3.63) is 6.92 Å². The van der Waals surface area contributed by atoms with Gasteiger partial charge in [0.05, 0.1) is 0 Å². The molecule has 0 aromatic carbocycles.